The molecule has 1 atom stereocenters. The van der Waals surface area contributed by atoms with Crippen LogP contribution in [-0.4, -0.2) is 38.7 Å². The summed E-state index contributed by atoms with van der Waals surface area (Å²) in [6.07, 6.45) is 0.0644. The molecule has 6 heteroatoms. The van der Waals surface area contributed by atoms with Crippen molar-refractivity contribution in [2.75, 3.05) is 20.8 Å². The highest BCUT2D eigenvalue weighted by atomic mass is 16.5. The molecule has 0 aromatic heterocycles. The fourth-order valence-corrected chi connectivity index (χ4v) is 1.46. The molecule has 104 valence electrons. The fourth-order valence-electron chi connectivity index (χ4n) is 1.46. The van der Waals surface area contributed by atoms with Gasteiger partial charge >= 0.3 is 5.97 Å². The SMILES string of the molecule is COC(=O)C[C@@H](N)CNC(=O)c1cccc(OC)c1. The van der Waals surface area contributed by atoms with Gasteiger partial charge in [-0.3, -0.25) is 9.59 Å². The monoisotopic (exact) mass is 266 g/mol. The third kappa shape index (κ3) is 4.97. The predicted octanol–water partition coefficient (Wildman–Crippen LogP) is 0.315. The lowest BCUT2D eigenvalue weighted by Crippen LogP contribution is -2.38. The van der Waals surface area contributed by atoms with Crippen molar-refractivity contribution in [3.63, 3.8) is 0 Å². The maximum absolute atomic E-state index is 11.8. The molecule has 0 aliphatic carbocycles. The van der Waals surface area contributed by atoms with Gasteiger partial charge in [-0.2, -0.15) is 0 Å². The third-order valence-electron chi connectivity index (χ3n) is 2.51. The Morgan fingerprint density at radius 2 is 2.11 bits per heavy atom. The number of benzene rings is 1. The molecule has 0 aliphatic rings. The highest BCUT2D eigenvalue weighted by Crippen LogP contribution is 2.12. The highest BCUT2D eigenvalue weighted by Gasteiger charge is 2.12. The first kappa shape index (κ1) is 15.0. The summed E-state index contributed by atoms with van der Waals surface area (Å²) in [5, 5.41) is 2.65. The Bertz CT molecular complexity index is 448. The van der Waals surface area contributed by atoms with E-state index in [1.54, 1.807) is 24.3 Å². The Hall–Kier alpha value is -2.08. The van der Waals surface area contributed by atoms with Crippen LogP contribution in [0.15, 0.2) is 24.3 Å². The molecule has 1 amide bonds. The molecule has 1 aromatic rings. The molecule has 0 saturated carbocycles. The minimum atomic E-state index is -0.470. The van der Waals surface area contributed by atoms with Crippen LogP contribution in [0.3, 0.4) is 0 Å². The van der Waals surface area contributed by atoms with Crippen molar-refractivity contribution in [2.24, 2.45) is 5.73 Å². The van der Waals surface area contributed by atoms with E-state index in [0.29, 0.717) is 11.3 Å². The zero-order valence-corrected chi connectivity index (χ0v) is 11.0. The standard InChI is InChI=1S/C13H18N2O4/c1-18-11-5-3-4-9(6-11)13(17)15-8-10(14)7-12(16)19-2/h3-6,10H,7-8,14H2,1-2H3,(H,15,17)/t10-/m1/s1. The Kier molecular flexibility index (Phi) is 5.81. The van der Waals surface area contributed by atoms with Gasteiger partial charge in [-0.05, 0) is 18.2 Å². The molecule has 1 aromatic carbocycles. The van der Waals surface area contributed by atoms with E-state index in [0.717, 1.165) is 0 Å². The lowest BCUT2D eigenvalue weighted by molar-refractivity contribution is -0.140. The van der Waals surface area contributed by atoms with Crippen LogP contribution in [0.25, 0.3) is 0 Å². The number of methoxy groups -OCH3 is 2. The Morgan fingerprint density at radius 3 is 2.74 bits per heavy atom. The van der Waals surface area contributed by atoms with Gasteiger partial charge in [-0.1, -0.05) is 6.07 Å². The number of nitrogens with two attached hydrogens (primary N) is 1. The minimum Gasteiger partial charge on any atom is -0.497 e. The van der Waals surface area contributed by atoms with Gasteiger partial charge < -0.3 is 20.5 Å². The second kappa shape index (κ2) is 7.38. The molecule has 0 spiro atoms. The van der Waals surface area contributed by atoms with E-state index in [2.05, 4.69) is 10.1 Å². The average Bonchev–Trinajstić information content (AvgIpc) is 2.44. The highest BCUT2D eigenvalue weighted by molar-refractivity contribution is 5.94. The van der Waals surface area contributed by atoms with Crippen LogP contribution in [0.2, 0.25) is 0 Å². The van der Waals surface area contributed by atoms with E-state index in [4.69, 9.17) is 10.5 Å². The summed E-state index contributed by atoms with van der Waals surface area (Å²) in [6, 6.07) is 6.30. The molecule has 0 bridgehead atoms. The molecule has 0 radical (unpaired) electrons. The Morgan fingerprint density at radius 1 is 1.37 bits per heavy atom. The van der Waals surface area contributed by atoms with E-state index in [9.17, 15) is 9.59 Å². The van der Waals surface area contributed by atoms with Crippen LogP contribution in [-0.2, 0) is 9.53 Å². The first-order valence-electron chi connectivity index (χ1n) is 5.81. The van der Waals surface area contributed by atoms with E-state index >= 15 is 0 Å². The first-order chi connectivity index (χ1) is 9.06. The lowest BCUT2D eigenvalue weighted by atomic mass is 10.2. The molecule has 0 unspecified atom stereocenters. The quantitative estimate of drug-likeness (QED) is 0.723. The average molecular weight is 266 g/mol. The van der Waals surface area contributed by atoms with Crippen LogP contribution >= 0.6 is 0 Å². The van der Waals surface area contributed by atoms with Crippen molar-refractivity contribution < 1.29 is 19.1 Å². The summed E-state index contributed by atoms with van der Waals surface area (Å²) in [5.41, 5.74) is 6.17. The Labute approximate surface area is 111 Å². The zero-order valence-electron chi connectivity index (χ0n) is 11.0. The summed E-state index contributed by atoms with van der Waals surface area (Å²) in [7, 11) is 2.83. The maximum atomic E-state index is 11.8. The van der Waals surface area contributed by atoms with Crippen LogP contribution in [0.1, 0.15) is 16.8 Å². The normalized spacial score (nSPS) is 11.5. The van der Waals surface area contributed by atoms with Gasteiger partial charge in [0.15, 0.2) is 0 Å². The van der Waals surface area contributed by atoms with Crippen molar-refractivity contribution in [1.82, 2.24) is 5.32 Å². The van der Waals surface area contributed by atoms with Crippen LogP contribution < -0.4 is 15.8 Å². The molecular weight excluding hydrogens is 248 g/mol. The number of hydrogen-bond donors (Lipinski definition) is 2. The van der Waals surface area contributed by atoms with Gasteiger partial charge in [0.05, 0.1) is 20.6 Å². The van der Waals surface area contributed by atoms with Crippen molar-refractivity contribution in [3.8, 4) is 5.75 Å². The van der Waals surface area contributed by atoms with Crippen molar-refractivity contribution in [3.05, 3.63) is 29.8 Å². The van der Waals surface area contributed by atoms with Crippen molar-refractivity contribution in [2.45, 2.75) is 12.5 Å². The van der Waals surface area contributed by atoms with Crippen LogP contribution in [0, 0.1) is 0 Å². The third-order valence-corrected chi connectivity index (χ3v) is 2.51. The number of nitrogens with one attached hydrogen (secondary N) is 1. The number of hydrogen-bond acceptors (Lipinski definition) is 5. The van der Waals surface area contributed by atoms with Gasteiger partial charge in [0.25, 0.3) is 5.91 Å². The molecular formula is C13H18N2O4. The molecule has 19 heavy (non-hydrogen) atoms. The van der Waals surface area contributed by atoms with Gasteiger partial charge in [0.1, 0.15) is 5.75 Å². The van der Waals surface area contributed by atoms with E-state index < -0.39 is 12.0 Å². The Balaban J connectivity index is 2.48. The largest absolute Gasteiger partial charge is 0.497 e. The zero-order chi connectivity index (χ0) is 14.3. The number of amides is 1. The van der Waals surface area contributed by atoms with E-state index in [-0.39, 0.29) is 18.9 Å². The second-order valence-corrected chi connectivity index (χ2v) is 3.98. The number of rotatable bonds is 6. The summed E-state index contributed by atoms with van der Waals surface area (Å²) in [4.78, 5) is 22.8. The summed E-state index contributed by atoms with van der Waals surface area (Å²) in [6.45, 7) is 0.200. The fraction of sp³-hybridized carbons (Fsp3) is 0.385. The topological polar surface area (TPSA) is 90.6 Å². The smallest absolute Gasteiger partial charge is 0.307 e. The second-order valence-electron chi connectivity index (χ2n) is 3.98. The molecule has 0 fully saturated rings. The van der Waals surface area contributed by atoms with Crippen LogP contribution in [0.4, 0.5) is 0 Å². The summed E-state index contributed by atoms with van der Waals surface area (Å²) in [5.74, 6) is -0.0612. The van der Waals surface area contributed by atoms with Gasteiger partial charge in [-0.25, -0.2) is 0 Å². The predicted molar refractivity (Wildman–Crippen MR) is 69.9 cm³/mol. The van der Waals surface area contributed by atoms with E-state index in [1.165, 1.54) is 14.2 Å². The molecule has 0 saturated heterocycles. The molecule has 1 rings (SSSR count). The molecule has 3 N–H and O–H groups in total. The van der Waals surface area contributed by atoms with Gasteiger partial charge in [0, 0.05) is 18.2 Å². The number of carbonyl (C=O) groups excluding carboxylic acids is 2. The maximum Gasteiger partial charge on any atom is 0.307 e. The van der Waals surface area contributed by atoms with E-state index in [1.807, 2.05) is 0 Å². The lowest BCUT2D eigenvalue weighted by Gasteiger charge is -2.11. The number of carbonyl (C=O) groups is 2. The first-order valence-corrected chi connectivity index (χ1v) is 5.81. The van der Waals surface area contributed by atoms with Crippen molar-refractivity contribution in [1.29, 1.82) is 0 Å². The number of esters is 1. The van der Waals surface area contributed by atoms with Gasteiger partial charge in [0.2, 0.25) is 0 Å². The van der Waals surface area contributed by atoms with Crippen LogP contribution in [0.5, 0.6) is 5.75 Å². The molecule has 0 aliphatic heterocycles. The minimum absolute atomic E-state index is 0.0644. The summed E-state index contributed by atoms with van der Waals surface area (Å²) < 4.78 is 9.53. The molecule has 0 heterocycles. The summed E-state index contributed by atoms with van der Waals surface area (Å²) >= 11 is 0. The van der Waals surface area contributed by atoms with Gasteiger partial charge in [-0.15, -0.1) is 0 Å². The molecule has 6 nitrogen and oxygen atoms in total. The van der Waals surface area contributed by atoms with Crippen molar-refractivity contribution >= 4 is 11.9 Å². The number of ether oxygens (including phenoxy) is 2.